The van der Waals surface area contributed by atoms with Gasteiger partial charge < -0.3 is 18.7 Å². The summed E-state index contributed by atoms with van der Waals surface area (Å²) in [5.41, 5.74) is 1.44. The first kappa shape index (κ1) is 29.2. The first-order valence-electron chi connectivity index (χ1n) is 12.0. The van der Waals surface area contributed by atoms with Gasteiger partial charge in [0, 0.05) is 0 Å². The molecule has 8 heteroatoms. The fourth-order valence-corrected chi connectivity index (χ4v) is 17.4. The molecule has 1 rings (SSSR count). The first-order chi connectivity index (χ1) is 14.0. The summed E-state index contributed by atoms with van der Waals surface area (Å²) in [5, 5.41) is 10.1. The molecule has 1 N–H and O–H groups in total. The molecule has 0 unspecified atom stereocenters. The molecule has 0 aliphatic carbocycles. The summed E-state index contributed by atoms with van der Waals surface area (Å²) in [5.74, 6) is -3.47. The van der Waals surface area contributed by atoms with Crippen LogP contribution in [0.15, 0.2) is 0 Å². The number of alkyl halides is 2. The molecule has 1 fully saturated rings. The maximum atomic E-state index is 15.1. The van der Waals surface area contributed by atoms with Gasteiger partial charge in [0.05, 0.1) is 6.61 Å². The summed E-state index contributed by atoms with van der Waals surface area (Å²) in [6.07, 6.45) is -4.66. The van der Waals surface area contributed by atoms with Gasteiger partial charge in [0.15, 0.2) is 8.32 Å². The Labute approximate surface area is 191 Å². The van der Waals surface area contributed by atoms with E-state index in [0.29, 0.717) is 16.6 Å². The van der Waals surface area contributed by atoms with Crippen molar-refractivity contribution in [1.82, 2.24) is 0 Å². The lowest BCUT2D eigenvalue weighted by molar-refractivity contribution is -0.197. The molecule has 1 aliphatic rings. The zero-order valence-corrected chi connectivity index (χ0v) is 23.8. The molecular formula is C23H48F2O4Si2. The van der Waals surface area contributed by atoms with E-state index in [0.717, 1.165) is 0 Å². The van der Waals surface area contributed by atoms with E-state index in [9.17, 15) is 5.11 Å². The SMILES string of the molecule is CC(C)[Si](OC[C@H]1O[C@H](O)C(F)(F)[C@@H]1O[Si](C(C)C)(C(C)C)C(C)C)(C(C)C)C(C)C. The fraction of sp³-hybridized carbons (Fsp3) is 1.00. The van der Waals surface area contributed by atoms with Gasteiger partial charge in [-0.25, -0.2) is 0 Å². The van der Waals surface area contributed by atoms with Crippen molar-refractivity contribution in [1.29, 1.82) is 0 Å². The minimum absolute atomic E-state index is 0.0246. The molecule has 186 valence electrons. The summed E-state index contributed by atoms with van der Waals surface area (Å²) in [6.45, 7) is 25.4. The van der Waals surface area contributed by atoms with Crippen molar-refractivity contribution in [2.75, 3.05) is 6.61 Å². The third kappa shape index (κ3) is 5.29. The van der Waals surface area contributed by atoms with Crippen LogP contribution >= 0.6 is 0 Å². The summed E-state index contributed by atoms with van der Waals surface area (Å²) >= 11 is 0. The predicted molar refractivity (Wildman–Crippen MR) is 129 cm³/mol. The van der Waals surface area contributed by atoms with Crippen molar-refractivity contribution in [3.63, 3.8) is 0 Å². The fourth-order valence-electron chi connectivity index (χ4n) is 6.35. The molecular weight excluding hydrogens is 434 g/mol. The number of rotatable bonds is 11. The van der Waals surface area contributed by atoms with E-state index >= 15 is 8.78 Å². The Morgan fingerprint density at radius 3 is 1.42 bits per heavy atom. The van der Waals surface area contributed by atoms with Crippen LogP contribution in [-0.4, -0.2) is 52.8 Å². The second-order valence-electron chi connectivity index (χ2n) is 11.2. The molecule has 1 heterocycles. The Hall–Kier alpha value is 0.134. The number of hydrogen-bond acceptors (Lipinski definition) is 4. The van der Waals surface area contributed by atoms with E-state index in [4.69, 9.17) is 13.6 Å². The first-order valence-corrected chi connectivity index (χ1v) is 16.3. The van der Waals surface area contributed by atoms with Crippen LogP contribution in [0.5, 0.6) is 0 Å². The number of aliphatic hydroxyl groups is 1. The van der Waals surface area contributed by atoms with Gasteiger partial charge in [-0.1, -0.05) is 83.1 Å². The summed E-state index contributed by atoms with van der Waals surface area (Å²) in [7, 11) is -4.88. The van der Waals surface area contributed by atoms with E-state index in [-0.39, 0.29) is 23.2 Å². The molecule has 1 saturated heterocycles. The van der Waals surface area contributed by atoms with Gasteiger partial charge in [-0.15, -0.1) is 0 Å². The van der Waals surface area contributed by atoms with Crippen LogP contribution in [0.25, 0.3) is 0 Å². The molecule has 0 radical (unpaired) electrons. The third-order valence-corrected chi connectivity index (χ3v) is 19.8. The smallest absolute Gasteiger partial charge is 0.324 e. The molecule has 3 atom stereocenters. The van der Waals surface area contributed by atoms with Crippen molar-refractivity contribution in [2.24, 2.45) is 0 Å². The van der Waals surface area contributed by atoms with Gasteiger partial charge in [-0.2, -0.15) is 8.78 Å². The standard InChI is InChI=1S/C23H48F2O4Si2/c1-14(2)30(15(3)4,16(5)6)27-13-20-21(23(24,25)22(26)28-20)29-31(17(7)8,18(9)10)19(11)12/h14-22,26H,13H2,1-12H3/t20-,21-,22+/m1/s1. The van der Waals surface area contributed by atoms with E-state index in [1.54, 1.807) is 0 Å². The quantitative estimate of drug-likeness (QED) is 0.319. The van der Waals surface area contributed by atoms with Crippen molar-refractivity contribution >= 4 is 16.6 Å². The molecule has 0 aromatic carbocycles. The average molecular weight is 483 g/mol. The highest BCUT2D eigenvalue weighted by molar-refractivity contribution is 6.78. The lowest BCUT2D eigenvalue weighted by Crippen LogP contribution is -2.57. The second kappa shape index (κ2) is 10.6. The monoisotopic (exact) mass is 482 g/mol. The molecule has 0 amide bonds. The van der Waals surface area contributed by atoms with Crippen LogP contribution in [0.2, 0.25) is 33.2 Å². The Balaban J connectivity index is 3.32. The molecule has 1 aliphatic heterocycles. The summed E-state index contributed by atoms with van der Waals surface area (Å²) in [4.78, 5) is 0. The number of hydrogen-bond donors (Lipinski definition) is 1. The zero-order chi connectivity index (χ0) is 24.5. The predicted octanol–water partition coefficient (Wildman–Crippen LogP) is 7.09. The molecule has 4 nitrogen and oxygen atoms in total. The van der Waals surface area contributed by atoms with Gasteiger partial charge in [0.2, 0.25) is 14.6 Å². The Bertz CT molecular complexity index is 524. The van der Waals surface area contributed by atoms with E-state index < -0.39 is 41.1 Å². The Morgan fingerprint density at radius 1 is 0.742 bits per heavy atom. The maximum Gasteiger partial charge on any atom is 0.324 e. The van der Waals surface area contributed by atoms with Crippen LogP contribution in [-0.2, 0) is 13.6 Å². The van der Waals surface area contributed by atoms with Crippen LogP contribution in [0.3, 0.4) is 0 Å². The second-order valence-corrected chi connectivity index (χ2v) is 22.1. The highest BCUT2D eigenvalue weighted by Gasteiger charge is 2.63. The minimum Gasteiger partial charge on any atom is -0.413 e. The molecule has 0 saturated carbocycles. The summed E-state index contributed by atoms with van der Waals surface area (Å²) < 4.78 is 48.7. The molecule has 0 aromatic heterocycles. The third-order valence-electron chi connectivity index (χ3n) is 7.59. The van der Waals surface area contributed by atoms with Gasteiger partial charge in [-0.05, 0) is 33.2 Å². The van der Waals surface area contributed by atoms with Gasteiger partial charge >= 0.3 is 5.92 Å². The van der Waals surface area contributed by atoms with Gasteiger partial charge in [-0.3, -0.25) is 0 Å². The van der Waals surface area contributed by atoms with Crippen LogP contribution in [0, 0.1) is 0 Å². The lowest BCUT2D eigenvalue weighted by Gasteiger charge is -2.46. The Kier molecular flexibility index (Phi) is 9.97. The Morgan fingerprint density at radius 2 is 1.10 bits per heavy atom. The largest absolute Gasteiger partial charge is 0.413 e. The van der Waals surface area contributed by atoms with Gasteiger partial charge in [0.1, 0.15) is 12.2 Å². The van der Waals surface area contributed by atoms with Crippen molar-refractivity contribution in [3.05, 3.63) is 0 Å². The van der Waals surface area contributed by atoms with Gasteiger partial charge in [0.25, 0.3) is 0 Å². The van der Waals surface area contributed by atoms with Crippen LogP contribution in [0.1, 0.15) is 83.1 Å². The van der Waals surface area contributed by atoms with Crippen LogP contribution < -0.4 is 0 Å². The van der Waals surface area contributed by atoms with Crippen molar-refractivity contribution < 1.29 is 27.5 Å². The van der Waals surface area contributed by atoms with Crippen LogP contribution in [0.4, 0.5) is 8.78 Å². The van der Waals surface area contributed by atoms with E-state index in [1.807, 2.05) is 0 Å². The van der Waals surface area contributed by atoms with E-state index in [2.05, 4.69) is 83.1 Å². The minimum atomic E-state index is -3.47. The number of aliphatic hydroxyl groups excluding tert-OH is 1. The average Bonchev–Trinajstić information content (AvgIpc) is 2.80. The van der Waals surface area contributed by atoms with Crippen molar-refractivity contribution in [3.8, 4) is 0 Å². The molecule has 0 bridgehead atoms. The van der Waals surface area contributed by atoms with E-state index in [1.165, 1.54) is 0 Å². The normalized spacial score (nSPS) is 25.3. The van der Waals surface area contributed by atoms with Crippen molar-refractivity contribution in [2.45, 2.75) is 141 Å². The molecule has 0 spiro atoms. The molecule has 0 aromatic rings. The lowest BCUT2D eigenvalue weighted by atomic mass is 10.1. The number of halogens is 2. The highest BCUT2D eigenvalue weighted by atomic mass is 28.4. The number of ether oxygens (including phenoxy) is 1. The maximum absolute atomic E-state index is 15.1. The topological polar surface area (TPSA) is 47.9 Å². The molecule has 31 heavy (non-hydrogen) atoms. The summed E-state index contributed by atoms with van der Waals surface area (Å²) in [6, 6.07) is 0. The zero-order valence-electron chi connectivity index (χ0n) is 21.8. The highest BCUT2D eigenvalue weighted by Crippen LogP contribution is 2.49.